The molecular formula is C13H20O2. The van der Waals surface area contributed by atoms with Gasteiger partial charge in [-0.3, -0.25) is 0 Å². The van der Waals surface area contributed by atoms with Crippen molar-refractivity contribution < 1.29 is 10.2 Å². The summed E-state index contributed by atoms with van der Waals surface area (Å²) in [6.45, 7) is 6.18. The minimum atomic E-state index is -1.28. The van der Waals surface area contributed by atoms with Gasteiger partial charge in [0.15, 0.2) is 6.29 Å². The van der Waals surface area contributed by atoms with Gasteiger partial charge in [0, 0.05) is 5.92 Å². The van der Waals surface area contributed by atoms with E-state index in [9.17, 15) is 0 Å². The summed E-state index contributed by atoms with van der Waals surface area (Å²) in [6, 6.07) is 8.08. The topological polar surface area (TPSA) is 40.5 Å². The van der Waals surface area contributed by atoms with Gasteiger partial charge in [-0.25, -0.2) is 0 Å². The summed E-state index contributed by atoms with van der Waals surface area (Å²) in [5, 5.41) is 18.1. The zero-order valence-corrected chi connectivity index (χ0v) is 9.64. The maximum Gasteiger partial charge on any atom is 0.158 e. The van der Waals surface area contributed by atoms with Gasteiger partial charge in [0.2, 0.25) is 0 Å². The first-order valence-corrected chi connectivity index (χ1v) is 5.45. The molecule has 1 atom stereocenters. The Balaban J connectivity index is 2.72. The maximum absolute atomic E-state index is 9.04. The predicted molar refractivity (Wildman–Crippen MR) is 61.6 cm³/mol. The molecule has 0 aliphatic carbocycles. The molecule has 2 heteroatoms. The number of benzene rings is 1. The fourth-order valence-electron chi connectivity index (χ4n) is 1.60. The van der Waals surface area contributed by atoms with Crippen LogP contribution in [0, 0.1) is 5.92 Å². The Labute approximate surface area is 91.6 Å². The number of hydrogen-bond acceptors (Lipinski definition) is 2. The number of aliphatic hydroxyl groups excluding tert-OH is 1. The van der Waals surface area contributed by atoms with E-state index in [1.54, 1.807) is 0 Å². The van der Waals surface area contributed by atoms with Gasteiger partial charge >= 0.3 is 0 Å². The molecule has 0 saturated heterocycles. The van der Waals surface area contributed by atoms with Gasteiger partial charge in [-0.05, 0) is 23.5 Å². The Hall–Kier alpha value is -0.860. The van der Waals surface area contributed by atoms with Crippen molar-refractivity contribution in [1.82, 2.24) is 0 Å². The molecule has 0 heterocycles. The highest BCUT2D eigenvalue weighted by Crippen LogP contribution is 2.19. The number of rotatable bonds is 4. The standard InChI is InChI=1S/C13H20O2/c1-9(2)8-11-4-6-12(7-5-11)10(3)13(14)15/h4-7,9-10,13-15H,8H2,1-3H3. The van der Waals surface area contributed by atoms with E-state index in [1.807, 2.05) is 19.1 Å². The van der Waals surface area contributed by atoms with Crippen molar-refractivity contribution in [3.8, 4) is 0 Å². The SMILES string of the molecule is CC(C)Cc1ccc(C(C)C(O)O)cc1. The molecule has 0 aliphatic rings. The second kappa shape index (κ2) is 5.29. The second-order valence-corrected chi connectivity index (χ2v) is 4.54. The highest BCUT2D eigenvalue weighted by molar-refractivity contribution is 5.25. The predicted octanol–water partition coefficient (Wildman–Crippen LogP) is 2.30. The highest BCUT2D eigenvalue weighted by atomic mass is 16.5. The molecule has 1 unspecified atom stereocenters. The highest BCUT2D eigenvalue weighted by Gasteiger charge is 2.12. The lowest BCUT2D eigenvalue weighted by Gasteiger charge is -2.14. The summed E-state index contributed by atoms with van der Waals surface area (Å²) in [6.07, 6.45) is -0.211. The summed E-state index contributed by atoms with van der Waals surface area (Å²) in [7, 11) is 0. The Morgan fingerprint density at radius 1 is 1.00 bits per heavy atom. The van der Waals surface area contributed by atoms with Crippen LogP contribution in [-0.4, -0.2) is 16.5 Å². The van der Waals surface area contributed by atoms with Gasteiger partial charge in [0.05, 0.1) is 0 Å². The molecule has 15 heavy (non-hydrogen) atoms. The van der Waals surface area contributed by atoms with E-state index in [0.29, 0.717) is 5.92 Å². The zero-order valence-electron chi connectivity index (χ0n) is 9.64. The molecule has 0 spiro atoms. The van der Waals surface area contributed by atoms with Crippen LogP contribution >= 0.6 is 0 Å². The van der Waals surface area contributed by atoms with Crippen LogP contribution in [0.3, 0.4) is 0 Å². The van der Waals surface area contributed by atoms with Gasteiger partial charge in [0.25, 0.3) is 0 Å². The van der Waals surface area contributed by atoms with E-state index >= 15 is 0 Å². The summed E-state index contributed by atoms with van der Waals surface area (Å²) in [4.78, 5) is 0. The Kier molecular flexibility index (Phi) is 4.30. The van der Waals surface area contributed by atoms with E-state index in [-0.39, 0.29) is 5.92 Å². The number of hydrogen-bond donors (Lipinski definition) is 2. The van der Waals surface area contributed by atoms with Crippen molar-refractivity contribution in [2.24, 2.45) is 5.92 Å². The molecule has 0 radical (unpaired) electrons. The first-order valence-electron chi connectivity index (χ1n) is 5.45. The van der Waals surface area contributed by atoms with Crippen molar-refractivity contribution in [1.29, 1.82) is 0 Å². The van der Waals surface area contributed by atoms with Crippen molar-refractivity contribution in [3.05, 3.63) is 35.4 Å². The van der Waals surface area contributed by atoms with E-state index in [0.717, 1.165) is 12.0 Å². The van der Waals surface area contributed by atoms with Crippen molar-refractivity contribution in [2.45, 2.75) is 39.4 Å². The van der Waals surface area contributed by atoms with Gasteiger partial charge < -0.3 is 10.2 Å². The summed E-state index contributed by atoms with van der Waals surface area (Å²) in [5.41, 5.74) is 2.27. The molecule has 2 nitrogen and oxygen atoms in total. The summed E-state index contributed by atoms with van der Waals surface area (Å²) >= 11 is 0. The average molecular weight is 208 g/mol. The van der Waals surface area contributed by atoms with Gasteiger partial charge in [0.1, 0.15) is 0 Å². The molecule has 0 aliphatic heterocycles. The van der Waals surface area contributed by atoms with E-state index in [4.69, 9.17) is 10.2 Å². The van der Waals surface area contributed by atoms with Crippen molar-refractivity contribution in [3.63, 3.8) is 0 Å². The molecule has 1 aromatic rings. The lowest BCUT2D eigenvalue weighted by molar-refractivity contribution is -0.0561. The first kappa shape index (κ1) is 12.2. The van der Waals surface area contributed by atoms with Crippen LogP contribution < -0.4 is 0 Å². The zero-order chi connectivity index (χ0) is 11.4. The van der Waals surface area contributed by atoms with E-state index in [2.05, 4.69) is 26.0 Å². The molecule has 0 saturated carbocycles. The summed E-state index contributed by atoms with van der Waals surface area (Å²) < 4.78 is 0. The van der Waals surface area contributed by atoms with Gasteiger partial charge in [-0.2, -0.15) is 0 Å². The third kappa shape index (κ3) is 3.65. The summed E-state index contributed by atoms with van der Waals surface area (Å²) in [5.74, 6) is 0.426. The molecule has 1 aromatic carbocycles. The van der Waals surface area contributed by atoms with E-state index < -0.39 is 6.29 Å². The van der Waals surface area contributed by atoms with Gasteiger partial charge in [-0.15, -0.1) is 0 Å². The largest absolute Gasteiger partial charge is 0.368 e. The maximum atomic E-state index is 9.04. The monoisotopic (exact) mass is 208 g/mol. The lowest BCUT2D eigenvalue weighted by Crippen LogP contribution is -2.14. The van der Waals surface area contributed by atoms with Gasteiger partial charge in [-0.1, -0.05) is 45.0 Å². The van der Waals surface area contributed by atoms with Crippen molar-refractivity contribution >= 4 is 0 Å². The van der Waals surface area contributed by atoms with Crippen molar-refractivity contribution in [2.75, 3.05) is 0 Å². The van der Waals surface area contributed by atoms with E-state index in [1.165, 1.54) is 5.56 Å². The number of aliphatic hydroxyl groups is 2. The molecule has 84 valence electrons. The normalized spacial score (nSPS) is 13.5. The Morgan fingerprint density at radius 3 is 1.93 bits per heavy atom. The third-order valence-corrected chi connectivity index (χ3v) is 2.60. The lowest BCUT2D eigenvalue weighted by atomic mass is 9.96. The second-order valence-electron chi connectivity index (χ2n) is 4.54. The third-order valence-electron chi connectivity index (χ3n) is 2.60. The quantitative estimate of drug-likeness (QED) is 0.745. The van der Waals surface area contributed by atoms with Crippen LogP contribution in [0.2, 0.25) is 0 Å². The fraction of sp³-hybridized carbons (Fsp3) is 0.538. The van der Waals surface area contributed by atoms with Crippen LogP contribution in [0.25, 0.3) is 0 Å². The molecule has 2 N–H and O–H groups in total. The molecule has 0 amide bonds. The minimum Gasteiger partial charge on any atom is -0.368 e. The fourth-order valence-corrected chi connectivity index (χ4v) is 1.60. The molecular weight excluding hydrogens is 188 g/mol. The molecule has 0 bridgehead atoms. The smallest absolute Gasteiger partial charge is 0.158 e. The Morgan fingerprint density at radius 2 is 1.53 bits per heavy atom. The van der Waals surface area contributed by atoms with Crippen LogP contribution in [0.4, 0.5) is 0 Å². The van der Waals surface area contributed by atoms with Crippen LogP contribution in [-0.2, 0) is 6.42 Å². The first-order chi connectivity index (χ1) is 7.00. The molecule has 0 aromatic heterocycles. The Bertz CT molecular complexity index is 288. The van der Waals surface area contributed by atoms with Crippen LogP contribution in [0.5, 0.6) is 0 Å². The average Bonchev–Trinajstić information content (AvgIpc) is 2.17. The molecule has 1 rings (SSSR count). The van der Waals surface area contributed by atoms with Crippen LogP contribution in [0.1, 0.15) is 37.8 Å². The minimum absolute atomic E-state index is 0.224. The molecule has 0 fully saturated rings. The van der Waals surface area contributed by atoms with Crippen LogP contribution in [0.15, 0.2) is 24.3 Å².